The molecule has 0 aliphatic carbocycles. The van der Waals surface area contributed by atoms with Crippen LogP contribution in [-0.2, 0) is 32.2 Å². The van der Waals surface area contributed by atoms with E-state index in [0.717, 1.165) is 64.0 Å². The monoisotopic (exact) mass is 459 g/mol. The number of hydrogen-bond acceptors (Lipinski definition) is 3. The van der Waals surface area contributed by atoms with Gasteiger partial charge in [-0.15, -0.1) is 0 Å². The van der Waals surface area contributed by atoms with Crippen molar-refractivity contribution >= 4 is 5.82 Å². The van der Waals surface area contributed by atoms with Crippen molar-refractivity contribution in [3.8, 4) is 0 Å². The highest BCUT2D eigenvalue weighted by Crippen LogP contribution is 2.31. The molecule has 0 fully saturated rings. The Bertz CT molecular complexity index is 975. The summed E-state index contributed by atoms with van der Waals surface area (Å²) in [5.41, 5.74) is 8.72. The molecule has 1 aromatic heterocycles. The first-order chi connectivity index (χ1) is 16.4. The van der Waals surface area contributed by atoms with Crippen LogP contribution in [0.4, 0.5) is 5.82 Å². The first kappa shape index (κ1) is 24.8. The predicted molar refractivity (Wildman–Crippen MR) is 145 cm³/mol. The van der Waals surface area contributed by atoms with Gasteiger partial charge in [-0.1, -0.05) is 70.9 Å². The molecule has 3 heteroatoms. The van der Waals surface area contributed by atoms with Crippen molar-refractivity contribution in [2.45, 2.75) is 97.9 Å². The standard InChI is InChI=1S/C31H45N3/c1-5-6-7-19-31(3,4)23-34-22-28-21-25(14-16-26(28)15-13-24(34)2)10-8-12-29-18-17-27-11-9-20-32-30(27)33-29/h14,16-18,21H,2,5-13,15,19-20,22-23H2,1,3-4H3,(H,32,33). The molecule has 1 aromatic carbocycles. The number of fused-ring (bicyclic) bond motifs is 2. The molecule has 0 saturated carbocycles. The number of nitrogens with one attached hydrogen (secondary N) is 1. The van der Waals surface area contributed by atoms with E-state index in [4.69, 9.17) is 4.98 Å². The van der Waals surface area contributed by atoms with Gasteiger partial charge in [0.15, 0.2) is 0 Å². The Morgan fingerprint density at radius 2 is 1.82 bits per heavy atom. The summed E-state index contributed by atoms with van der Waals surface area (Å²) < 4.78 is 0. The van der Waals surface area contributed by atoms with Crippen LogP contribution in [0.1, 0.15) is 93.7 Å². The normalized spacial score (nSPS) is 16.0. The molecule has 0 unspecified atom stereocenters. The van der Waals surface area contributed by atoms with Crippen molar-refractivity contribution in [3.63, 3.8) is 0 Å². The first-order valence-corrected chi connectivity index (χ1v) is 13.7. The number of pyridine rings is 1. The fourth-order valence-corrected chi connectivity index (χ4v) is 5.58. The average Bonchev–Trinajstić information content (AvgIpc) is 2.97. The van der Waals surface area contributed by atoms with Crippen molar-refractivity contribution in [2.75, 3.05) is 18.4 Å². The molecule has 2 aliphatic heterocycles. The van der Waals surface area contributed by atoms with E-state index in [1.54, 1.807) is 0 Å². The molecule has 184 valence electrons. The highest BCUT2D eigenvalue weighted by molar-refractivity contribution is 5.47. The average molecular weight is 460 g/mol. The largest absolute Gasteiger partial charge is 0.370 e. The number of hydrogen-bond donors (Lipinski definition) is 1. The molecular weight excluding hydrogens is 414 g/mol. The van der Waals surface area contributed by atoms with E-state index in [0.29, 0.717) is 5.41 Å². The number of allylic oxidation sites excluding steroid dienone is 1. The molecule has 34 heavy (non-hydrogen) atoms. The van der Waals surface area contributed by atoms with E-state index in [1.807, 2.05) is 0 Å². The summed E-state index contributed by atoms with van der Waals surface area (Å²) in [6.07, 6.45) is 13.1. The molecule has 3 heterocycles. The SMILES string of the molecule is C=C1CCc2ccc(CCCc3ccc4c(n3)NCCC4)cc2CN1CC(C)(C)CCCCC. The fraction of sp³-hybridized carbons (Fsp3) is 0.581. The van der Waals surface area contributed by atoms with Crippen LogP contribution in [0, 0.1) is 5.41 Å². The van der Waals surface area contributed by atoms with E-state index in [2.05, 4.69) is 67.9 Å². The van der Waals surface area contributed by atoms with E-state index < -0.39 is 0 Å². The summed E-state index contributed by atoms with van der Waals surface area (Å²) in [4.78, 5) is 7.45. The Balaban J connectivity index is 1.36. The number of benzene rings is 1. The Hall–Kier alpha value is -2.29. The maximum Gasteiger partial charge on any atom is 0.129 e. The molecule has 0 amide bonds. The lowest BCUT2D eigenvalue weighted by molar-refractivity contribution is 0.193. The van der Waals surface area contributed by atoms with Crippen LogP contribution in [0.25, 0.3) is 0 Å². The van der Waals surface area contributed by atoms with Crippen molar-refractivity contribution in [1.82, 2.24) is 9.88 Å². The molecule has 0 radical (unpaired) electrons. The van der Waals surface area contributed by atoms with Gasteiger partial charge in [-0.3, -0.25) is 0 Å². The number of rotatable bonds is 10. The second kappa shape index (κ2) is 11.4. The van der Waals surface area contributed by atoms with E-state index >= 15 is 0 Å². The Morgan fingerprint density at radius 1 is 0.971 bits per heavy atom. The van der Waals surface area contributed by atoms with E-state index in [-0.39, 0.29) is 0 Å². The van der Waals surface area contributed by atoms with Gasteiger partial charge in [0, 0.05) is 31.0 Å². The van der Waals surface area contributed by atoms with Gasteiger partial charge in [-0.2, -0.15) is 0 Å². The summed E-state index contributed by atoms with van der Waals surface area (Å²) in [5, 5.41) is 3.47. The summed E-state index contributed by atoms with van der Waals surface area (Å²) in [6, 6.07) is 11.7. The summed E-state index contributed by atoms with van der Waals surface area (Å²) in [6.45, 7) is 14.8. The Morgan fingerprint density at radius 3 is 2.68 bits per heavy atom. The zero-order valence-electron chi connectivity index (χ0n) is 21.9. The van der Waals surface area contributed by atoms with E-state index in [9.17, 15) is 0 Å². The molecule has 0 saturated heterocycles. The van der Waals surface area contributed by atoms with Gasteiger partial charge in [0.2, 0.25) is 0 Å². The molecule has 2 aliphatic rings. The van der Waals surface area contributed by atoms with Gasteiger partial charge in [0.05, 0.1) is 0 Å². The summed E-state index contributed by atoms with van der Waals surface area (Å²) in [5.74, 6) is 1.12. The predicted octanol–water partition coefficient (Wildman–Crippen LogP) is 7.48. The number of nitrogens with zero attached hydrogens (tertiary/aromatic N) is 2. The maximum atomic E-state index is 4.88. The van der Waals surface area contributed by atoms with Crippen LogP contribution in [0.2, 0.25) is 0 Å². The molecule has 0 spiro atoms. The maximum absolute atomic E-state index is 4.88. The van der Waals surface area contributed by atoms with Gasteiger partial charge < -0.3 is 10.2 Å². The van der Waals surface area contributed by atoms with Crippen molar-refractivity contribution in [2.24, 2.45) is 5.41 Å². The van der Waals surface area contributed by atoms with Gasteiger partial charge in [-0.25, -0.2) is 4.98 Å². The Labute approximate surface area is 208 Å². The van der Waals surface area contributed by atoms with Gasteiger partial charge in [0.25, 0.3) is 0 Å². The zero-order valence-corrected chi connectivity index (χ0v) is 21.9. The third-order valence-electron chi connectivity index (χ3n) is 7.69. The fourth-order valence-electron chi connectivity index (χ4n) is 5.58. The highest BCUT2D eigenvalue weighted by atomic mass is 15.1. The molecule has 1 N–H and O–H groups in total. The summed E-state index contributed by atoms with van der Waals surface area (Å²) in [7, 11) is 0. The number of aryl methyl sites for hydroxylation is 4. The van der Waals surface area contributed by atoms with Gasteiger partial charge in [0.1, 0.15) is 5.82 Å². The second-order valence-electron chi connectivity index (χ2n) is 11.3. The minimum atomic E-state index is 0.330. The quantitative estimate of drug-likeness (QED) is 0.373. The van der Waals surface area contributed by atoms with Crippen LogP contribution in [-0.4, -0.2) is 23.0 Å². The number of anilines is 1. The number of aromatic nitrogens is 1. The number of unbranched alkanes of at least 4 members (excludes halogenated alkanes) is 2. The van der Waals surface area contributed by atoms with Crippen molar-refractivity contribution in [1.29, 1.82) is 0 Å². The smallest absolute Gasteiger partial charge is 0.129 e. The zero-order chi connectivity index (χ0) is 24.0. The molecule has 4 rings (SSSR count). The lowest BCUT2D eigenvalue weighted by Gasteiger charge is -2.35. The molecular formula is C31H45N3. The lowest BCUT2D eigenvalue weighted by Crippen LogP contribution is -2.32. The van der Waals surface area contributed by atoms with Gasteiger partial charge in [-0.05, 0) is 85.1 Å². The minimum absolute atomic E-state index is 0.330. The summed E-state index contributed by atoms with van der Waals surface area (Å²) >= 11 is 0. The van der Waals surface area contributed by atoms with Crippen LogP contribution >= 0.6 is 0 Å². The molecule has 3 nitrogen and oxygen atoms in total. The molecule has 0 bridgehead atoms. The van der Waals surface area contributed by atoms with Gasteiger partial charge >= 0.3 is 0 Å². The third-order valence-corrected chi connectivity index (χ3v) is 7.69. The lowest BCUT2D eigenvalue weighted by atomic mass is 9.86. The molecule has 2 aromatic rings. The van der Waals surface area contributed by atoms with Crippen LogP contribution in [0.15, 0.2) is 42.6 Å². The minimum Gasteiger partial charge on any atom is -0.370 e. The topological polar surface area (TPSA) is 28.2 Å². The van der Waals surface area contributed by atoms with Crippen LogP contribution in [0.3, 0.4) is 0 Å². The second-order valence-corrected chi connectivity index (χ2v) is 11.3. The Kier molecular flexibility index (Phi) is 8.34. The van der Waals surface area contributed by atoms with Crippen molar-refractivity contribution < 1.29 is 0 Å². The highest BCUT2D eigenvalue weighted by Gasteiger charge is 2.25. The third kappa shape index (κ3) is 6.64. The van der Waals surface area contributed by atoms with Crippen molar-refractivity contribution in [3.05, 3.63) is 70.6 Å². The van der Waals surface area contributed by atoms with E-state index in [1.165, 1.54) is 65.7 Å². The van der Waals surface area contributed by atoms with Crippen LogP contribution < -0.4 is 5.32 Å². The first-order valence-electron chi connectivity index (χ1n) is 13.7. The van der Waals surface area contributed by atoms with Crippen LogP contribution in [0.5, 0.6) is 0 Å². The molecule has 0 atom stereocenters.